The molecule has 2 heterocycles. The predicted octanol–water partition coefficient (Wildman–Crippen LogP) is 1.06. The fourth-order valence-corrected chi connectivity index (χ4v) is 3.19. The number of benzene rings is 1. The van der Waals surface area contributed by atoms with Crippen LogP contribution < -0.4 is 11.2 Å². The SMILES string of the molecule is N#Cc1c2n(c(=O)n(CC(O)COCc3ccc(Cl)cc3)c1=O)CCC2. The molecule has 2 aromatic rings. The standard InChI is InChI=1S/C18H18ClN3O4/c19-13-5-3-12(4-6-13)10-26-11-14(23)9-22-17(24)15(8-20)16-2-1-7-21(16)18(22)25/h3-6,14,23H,1-2,7,9-11H2. The van der Waals surface area contributed by atoms with Crippen molar-refractivity contribution in [2.45, 2.75) is 38.6 Å². The van der Waals surface area contributed by atoms with Gasteiger partial charge in [-0.2, -0.15) is 5.26 Å². The van der Waals surface area contributed by atoms with Crippen molar-refractivity contribution in [2.75, 3.05) is 6.61 Å². The number of nitriles is 1. The molecule has 0 spiro atoms. The summed E-state index contributed by atoms with van der Waals surface area (Å²) in [6.07, 6.45) is 0.223. The Morgan fingerprint density at radius 2 is 2.04 bits per heavy atom. The van der Waals surface area contributed by atoms with Crippen LogP contribution in [-0.2, 0) is 30.9 Å². The number of nitrogens with zero attached hydrogens (tertiary/aromatic N) is 3. The van der Waals surface area contributed by atoms with Gasteiger partial charge in [-0.15, -0.1) is 0 Å². The zero-order valence-corrected chi connectivity index (χ0v) is 14.8. The first-order chi connectivity index (χ1) is 12.5. The highest BCUT2D eigenvalue weighted by atomic mass is 35.5. The second kappa shape index (κ2) is 7.87. The Bertz CT molecular complexity index is 957. The fraction of sp³-hybridized carbons (Fsp3) is 0.389. The summed E-state index contributed by atoms with van der Waals surface area (Å²) >= 11 is 5.81. The minimum Gasteiger partial charge on any atom is -0.389 e. The van der Waals surface area contributed by atoms with Gasteiger partial charge < -0.3 is 9.84 Å². The Balaban J connectivity index is 1.69. The van der Waals surface area contributed by atoms with E-state index in [1.165, 1.54) is 4.57 Å². The highest BCUT2D eigenvalue weighted by Crippen LogP contribution is 2.13. The molecule has 0 saturated carbocycles. The zero-order valence-electron chi connectivity index (χ0n) is 14.0. The summed E-state index contributed by atoms with van der Waals surface area (Å²) in [6, 6.07) is 8.99. The molecule has 0 radical (unpaired) electrons. The monoisotopic (exact) mass is 375 g/mol. The summed E-state index contributed by atoms with van der Waals surface area (Å²) < 4.78 is 7.81. The van der Waals surface area contributed by atoms with Crippen molar-refractivity contribution in [1.82, 2.24) is 9.13 Å². The molecule has 1 aliphatic rings. The van der Waals surface area contributed by atoms with Gasteiger partial charge in [0.2, 0.25) is 0 Å². The molecule has 1 N–H and O–H groups in total. The molecule has 1 aromatic heterocycles. The van der Waals surface area contributed by atoms with Gasteiger partial charge in [-0.3, -0.25) is 13.9 Å². The quantitative estimate of drug-likeness (QED) is 0.814. The Hall–Kier alpha value is -2.40. The number of rotatable bonds is 6. The third-order valence-electron chi connectivity index (χ3n) is 4.33. The van der Waals surface area contributed by atoms with Gasteiger partial charge in [-0.05, 0) is 30.5 Å². The van der Waals surface area contributed by atoms with Crippen LogP contribution in [0, 0.1) is 11.3 Å². The fourth-order valence-electron chi connectivity index (χ4n) is 3.07. The molecule has 0 aliphatic carbocycles. The van der Waals surface area contributed by atoms with Crippen LogP contribution in [0.25, 0.3) is 0 Å². The van der Waals surface area contributed by atoms with Crippen LogP contribution in [0.5, 0.6) is 0 Å². The number of halogens is 1. The van der Waals surface area contributed by atoms with Crippen LogP contribution in [0.1, 0.15) is 23.2 Å². The molecule has 0 saturated heterocycles. The highest BCUT2D eigenvalue weighted by molar-refractivity contribution is 6.30. The van der Waals surface area contributed by atoms with E-state index in [4.69, 9.17) is 16.3 Å². The maximum Gasteiger partial charge on any atom is 0.331 e. The highest BCUT2D eigenvalue weighted by Gasteiger charge is 2.23. The lowest BCUT2D eigenvalue weighted by Crippen LogP contribution is -2.44. The predicted molar refractivity (Wildman–Crippen MR) is 95.1 cm³/mol. The molecule has 0 fully saturated rings. The smallest absolute Gasteiger partial charge is 0.331 e. The molecular formula is C18H18ClN3O4. The first-order valence-electron chi connectivity index (χ1n) is 8.28. The van der Waals surface area contributed by atoms with Crippen LogP contribution >= 0.6 is 11.6 Å². The summed E-state index contributed by atoms with van der Waals surface area (Å²) in [7, 11) is 0. The van der Waals surface area contributed by atoms with Crippen LogP contribution in [0.3, 0.4) is 0 Å². The third kappa shape index (κ3) is 3.73. The van der Waals surface area contributed by atoms with Crippen molar-refractivity contribution in [2.24, 2.45) is 0 Å². The molecule has 3 rings (SSSR count). The van der Waals surface area contributed by atoms with E-state index in [1.807, 2.05) is 18.2 Å². The van der Waals surface area contributed by atoms with Crippen LogP contribution in [0.15, 0.2) is 33.9 Å². The van der Waals surface area contributed by atoms with Crippen molar-refractivity contribution in [3.63, 3.8) is 0 Å². The first kappa shape index (κ1) is 18.4. The van der Waals surface area contributed by atoms with E-state index in [1.54, 1.807) is 12.1 Å². The number of aliphatic hydroxyl groups excluding tert-OH is 1. The number of fused-ring (bicyclic) bond motifs is 1. The number of aromatic nitrogens is 2. The van der Waals surface area contributed by atoms with E-state index >= 15 is 0 Å². The van der Waals surface area contributed by atoms with Crippen molar-refractivity contribution >= 4 is 11.6 Å². The maximum atomic E-state index is 12.5. The Kier molecular flexibility index (Phi) is 5.57. The number of aliphatic hydroxyl groups is 1. The van der Waals surface area contributed by atoms with Gasteiger partial charge in [-0.25, -0.2) is 4.79 Å². The third-order valence-corrected chi connectivity index (χ3v) is 4.58. The molecular weight excluding hydrogens is 358 g/mol. The molecule has 7 nitrogen and oxygen atoms in total. The number of hydrogen-bond acceptors (Lipinski definition) is 5. The second-order valence-corrected chi connectivity index (χ2v) is 6.62. The Morgan fingerprint density at radius 1 is 1.31 bits per heavy atom. The molecule has 8 heteroatoms. The first-order valence-corrected chi connectivity index (χ1v) is 8.66. The van der Waals surface area contributed by atoms with Crippen molar-refractivity contribution in [1.29, 1.82) is 5.26 Å². The molecule has 26 heavy (non-hydrogen) atoms. The van der Waals surface area contributed by atoms with Gasteiger partial charge in [0.1, 0.15) is 11.6 Å². The van der Waals surface area contributed by atoms with E-state index in [9.17, 15) is 20.0 Å². The molecule has 0 amide bonds. The average Bonchev–Trinajstić information content (AvgIpc) is 3.10. The van der Waals surface area contributed by atoms with Gasteiger partial charge in [0.15, 0.2) is 0 Å². The summed E-state index contributed by atoms with van der Waals surface area (Å²) in [6.45, 7) is 0.493. The minimum atomic E-state index is -1.04. The van der Waals surface area contributed by atoms with E-state index < -0.39 is 17.4 Å². The molecule has 1 aromatic carbocycles. The molecule has 1 unspecified atom stereocenters. The van der Waals surface area contributed by atoms with Crippen LogP contribution in [-0.4, -0.2) is 27.0 Å². The van der Waals surface area contributed by atoms with Gasteiger partial charge in [0, 0.05) is 17.3 Å². The zero-order chi connectivity index (χ0) is 18.7. The lowest BCUT2D eigenvalue weighted by atomic mass is 10.2. The maximum absolute atomic E-state index is 12.5. The molecule has 0 bridgehead atoms. The van der Waals surface area contributed by atoms with Crippen molar-refractivity contribution < 1.29 is 9.84 Å². The summed E-state index contributed by atoms with van der Waals surface area (Å²) in [5, 5.41) is 20.0. The van der Waals surface area contributed by atoms with E-state index in [0.717, 1.165) is 16.6 Å². The normalized spacial score (nSPS) is 14.0. The average molecular weight is 376 g/mol. The largest absolute Gasteiger partial charge is 0.389 e. The summed E-state index contributed by atoms with van der Waals surface area (Å²) in [5.41, 5.74) is 0.229. The molecule has 136 valence electrons. The van der Waals surface area contributed by atoms with E-state index in [2.05, 4.69) is 0 Å². The number of ether oxygens (including phenoxy) is 1. The Morgan fingerprint density at radius 3 is 2.73 bits per heavy atom. The topological polar surface area (TPSA) is 97.2 Å². The van der Waals surface area contributed by atoms with Gasteiger partial charge in [-0.1, -0.05) is 23.7 Å². The lowest BCUT2D eigenvalue weighted by molar-refractivity contribution is 0.0191. The van der Waals surface area contributed by atoms with Crippen LogP contribution in [0.4, 0.5) is 0 Å². The molecule has 1 aliphatic heterocycles. The van der Waals surface area contributed by atoms with Gasteiger partial charge in [0.25, 0.3) is 5.56 Å². The molecule has 1 atom stereocenters. The summed E-state index contributed by atoms with van der Waals surface area (Å²) in [4.78, 5) is 24.9. The Labute approximate surface area is 154 Å². The van der Waals surface area contributed by atoms with Crippen LogP contribution in [0.2, 0.25) is 5.02 Å². The van der Waals surface area contributed by atoms with Crippen molar-refractivity contribution in [3.8, 4) is 6.07 Å². The second-order valence-electron chi connectivity index (χ2n) is 6.18. The van der Waals surface area contributed by atoms with Gasteiger partial charge >= 0.3 is 5.69 Å². The summed E-state index contributed by atoms with van der Waals surface area (Å²) in [5.74, 6) is 0. The van der Waals surface area contributed by atoms with Crippen molar-refractivity contribution in [3.05, 3.63) is 66.9 Å². The number of hydrogen-bond donors (Lipinski definition) is 1. The van der Waals surface area contributed by atoms with E-state index in [-0.39, 0.29) is 25.3 Å². The van der Waals surface area contributed by atoms with Gasteiger partial charge in [0.05, 0.1) is 25.9 Å². The van der Waals surface area contributed by atoms with E-state index in [0.29, 0.717) is 23.7 Å². The lowest BCUT2D eigenvalue weighted by Gasteiger charge is -2.15. The minimum absolute atomic E-state index is 0.0172.